The summed E-state index contributed by atoms with van der Waals surface area (Å²) in [6.45, 7) is 3.43. The van der Waals surface area contributed by atoms with E-state index in [1.165, 1.54) is 0 Å². The van der Waals surface area contributed by atoms with Crippen LogP contribution < -0.4 is 10.1 Å². The molecule has 0 unspecified atom stereocenters. The summed E-state index contributed by atoms with van der Waals surface area (Å²) in [6, 6.07) is 3.58. The molecule has 1 aromatic heterocycles. The maximum absolute atomic E-state index is 12.5. The summed E-state index contributed by atoms with van der Waals surface area (Å²) in [6.07, 6.45) is -3.60. The fraction of sp³-hybridized carbons (Fsp3) is 0.500. The van der Waals surface area contributed by atoms with Crippen LogP contribution in [0, 0.1) is 11.3 Å². The zero-order chi connectivity index (χ0) is 14.3. The predicted octanol–water partition coefficient (Wildman–Crippen LogP) is 2.35. The Labute approximate surface area is 109 Å². The van der Waals surface area contributed by atoms with Crippen LogP contribution in [0.1, 0.15) is 24.6 Å². The third-order valence-electron chi connectivity index (χ3n) is 2.22. The van der Waals surface area contributed by atoms with Crippen LogP contribution in [0.15, 0.2) is 12.1 Å². The predicted molar refractivity (Wildman–Crippen MR) is 62.6 cm³/mol. The van der Waals surface area contributed by atoms with E-state index in [2.05, 4.69) is 10.3 Å². The van der Waals surface area contributed by atoms with Gasteiger partial charge in [-0.1, -0.05) is 6.92 Å². The zero-order valence-electron chi connectivity index (χ0n) is 10.4. The maximum atomic E-state index is 12.5. The van der Waals surface area contributed by atoms with Gasteiger partial charge in [0, 0.05) is 6.54 Å². The molecule has 0 aliphatic rings. The van der Waals surface area contributed by atoms with Crippen molar-refractivity contribution in [3.63, 3.8) is 0 Å². The Balaban J connectivity index is 2.72. The third-order valence-corrected chi connectivity index (χ3v) is 2.22. The van der Waals surface area contributed by atoms with E-state index in [9.17, 15) is 13.2 Å². The molecule has 1 rings (SSSR count). The number of hydrogen-bond acceptors (Lipinski definition) is 4. The SMILES string of the molecule is CCCNCCOc1nc(C(F)(F)F)ccc1C#N. The van der Waals surface area contributed by atoms with Gasteiger partial charge in [0.05, 0.1) is 0 Å². The van der Waals surface area contributed by atoms with Gasteiger partial charge in [0.1, 0.15) is 23.9 Å². The van der Waals surface area contributed by atoms with Crippen molar-refractivity contribution in [3.8, 4) is 11.9 Å². The molecule has 0 saturated carbocycles. The normalized spacial score (nSPS) is 11.1. The Bertz CT molecular complexity index is 455. The van der Waals surface area contributed by atoms with Crippen LogP contribution >= 0.6 is 0 Å². The lowest BCUT2D eigenvalue weighted by atomic mass is 10.2. The Kier molecular flexibility index (Phi) is 5.57. The second kappa shape index (κ2) is 6.95. The Morgan fingerprint density at radius 1 is 1.37 bits per heavy atom. The molecule has 0 spiro atoms. The number of hydrogen-bond donors (Lipinski definition) is 1. The van der Waals surface area contributed by atoms with Gasteiger partial charge >= 0.3 is 6.18 Å². The summed E-state index contributed by atoms with van der Waals surface area (Å²) in [5.74, 6) is -0.282. The molecule has 4 nitrogen and oxygen atoms in total. The van der Waals surface area contributed by atoms with Crippen LogP contribution in [-0.4, -0.2) is 24.7 Å². The van der Waals surface area contributed by atoms with Crippen molar-refractivity contribution in [2.45, 2.75) is 19.5 Å². The highest BCUT2D eigenvalue weighted by atomic mass is 19.4. The molecule has 0 atom stereocenters. The van der Waals surface area contributed by atoms with Gasteiger partial charge in [-0.2, -0.15) is 18.4 Å². The average molecular weight is 273 g/mol. The van der Waals surface area contributed by atoms with Crippen molar-refractivity contribution in [2.75, 3.05) is 19.7 Å². The monoisotopic (exact) mass is 273 g/mol. The molecule has 0 saturated heterocycles. The van der Waals surface area contributed by atoms with E-state index in [4.69, 9.17) is 10.00 Å². The first-order chi connectivity index (χ1) is 8.99. The highest BCUT2D eigenvalue weighted by Crippen LogP contribution is 2.29. The molecule has 104 valence electrons. The van der Waals surface area contributed by atoms with E-state index in [0.29, 0.717) is 6.54 Å². The first-order valence-corrected chi connectivity index (χ1v) is 5.81. The molecular formula is C12H14F3N3O. The van der Waals surface area contributed by atoms with Gasteiger partial charge in [-0.3, -0.25) is 0 Å². The fourth-order valence-electron chi connectivity index (χ4n) is 1.32. The summed E-state index contributed by atoms with van der Waals surface area (Å²) in [5, 5.41) is 11.8. The molecule has 0 aliphatic heterocycles. The molecule has 0 fully saturated rings. The molecule has 0 bridgehead atoms. The molecule has 0 aromatic carbocycles. The van der Waals surface area contributed by atoms with Gasteiger partial charge in [-0.25, -0.2) is 4.98 Å². The summed E-state index contributed by atoms with van der Waals surface area (Å²) >= 11 is 0. The Hall–Kier alpha value is -1.81. The van der Waals surface area contributed by atoms with Gasteiger partial charge in [-0.15, -0.1) is 0 Å². The van der Waals surface area contributed by atoms with E-state index in [-0.39, 0.29) is 18.1 Å². The van der Waals surface area contributed by atoms with Crippen molar-refractivity contribution in [3.05, 3.63) is 23.4 Å². The first kappa shape index (κ1) is 15.2. The van der Waals surface area contributed by atoms with E-state index < -0.39 is 11.9 Å². The van der Waals surface area contributed by atoms with Crippen LogP contribution in [0.2, 0.25) is 0 Å². The molecule has 1 aromatic rings. The number of nitriles is 1. The molecule has 7 heteroatoms. The second-order valence-electron chi connectivity index (χ2n) is 3.76. The van der Waals surface area contributed by atoms with Crippen LogP contribution in [0.4, 0.5) is 13.2 Å². The number of halogens is 3. The van der Waals surface area contributed by atoms with Gasteiger partial charge in [0.2, 0.25) is 5.88 Å². The smallest absolute Gasteiger partial charge is 0.433 e. The van der Waals surface area contributed by atoms with Crippen molar-refractivity contribution in [2.24, 2.45) is 0 Å². The number of nitrogens with one attached hydrogen (secondary N) is 1. The highest BCUT2D eigenvalue weighted by Gasteiger charge is 2.33. The van der Waals surface area contributed by atoms with Crippen LogP contribution in [0.25, 0.3) is 0 Å². The van der Waals surface area contributed by atoms with E-state index in [1.807, 2.05) is 6.92 Å². The van der Waals surface area contributed by atoms with E-state index in [0.717, 1.165) is 25.1 Å². The number of aromatic nitrogens is 1. The quantitative estimate of drug-likeness (QED) is 0.808. The largest absolute Gasteiger partial charge is 0.475 e. The van der Waals surface area contributed by atoms with Gasteiger partial charge in [-0.05, 0) is 25.1 Å². The molecule has 19 heavy (non-hydrogen) atoms. The number of rotatable bonds is 6. The molecular weight excluding hydrogens is 259 g/mol. The third kappa shape index (κ3) is 4.75. The Morgan fingerprint density at radius 3 is 2.68 bits per heavy atom. The molecule has 0 radical (unpaired) electrons. The van der Waals surface area contributed by atoms with Crippen LogP contribution in [0.3, 0.4) is 0 Å². The number of ether oxygens (including phenoxy) is 1. The number of pyridine rings is 1. The minimum atomic E-state index is -4.55. The maximum Gasteiger partial charge on any atom is 0.433 e. The van der Waals surface area contributed by atoms with Crippen molar-refractivity contribution >= 4 is 0 Å². The summed E-state index contributed by atoms with van der Waals surface area (Å²) in [5.41, 5.74) is -1.08. The lowest BCUT2D eigenvalue weighted by Crippen LogP contribution is -2.22. The van der Waals surface area contributed by atoms with Crippen molar-refractivity contribution in [1.29, 1.82) is 5.26 Å². The fourth-order valence-corrected chi connectivity index (χ4v) is 1.32. The lowest BCUT2D eigenvalue weighted by molar-refractivity contribution is -0.141. The summed E-state index contributed by atoms with van der Waals surface area (Å²) < 4.78 is 42.6. The summed E-state index contributed by atoms with van der Waals surface area (Å²) in [7, 11) is 0. The van der Waals surface area contributed by atoms with Crippen LogP contribution in [-0.2, 0) is 6.18 Å². The minimum Gasteiger partial charge on any atom is -0.475 e. The first-order valence-electron chi connectivity index (χ1n) is 5.81. The number of nitrogens with zero attached hydrogens (tertiary/aromatic N) is 2. The number of alkyl halides is 3. The Morgan fingerprint density at radius 2 is 2.11 bits per heavy atom. The molecule has 1 N–H and O–H groups in total. The van der Waals surface area contributed by atoms with Gasteiger partial charge < -0.3 is 10.1 Å². The van der Waals surface area contributed by atoms with E-state index in [1.54, 1.807) is 6.07 Å². The molecule has 0 amide bonds. The van der Waals surface area contributed by atoms with Crippen LogP contribution in [0.5, 0.6) is 5.88 Å². The zero-order valence-corrected chi connectivity index (χ0v) is 10.4. The van der Waals surface area contributed by atoms with Crippen molar-refractivity contribution in [1.82, 2.24) is 10.3 Å². The highest BCUT2D eigenvalue weighted by molar-refractivity contribution is 5.39. The molecule has 0 aliphatic carbocycles. The minimum absolute atomic E-state index is 0.0107. The second-order valence-corrected chi connectivity index (χ2v) is 3.76. The summed E-state index contributed by atoms with van der Waals surface area (Å²) in [4.78, 5) is 3.34. The molecule has 1 heterocycles. The topological polar surface area (TPSA) is 57.9 Å². The standard InChI is InChI=1S/C12H14F3N3O/c1-2-5-17-6-7-19-11-9(8-16)3-4-10(18-11)12(13,14)15/h3-4,17H,2,5-7H2,1H3. The van der Waals surface area contributed by atoms with Gasteiger partial charge in [0.25, 0.3) is 0 Å². The van der Waals surface area contributed by atoms with E-state index >= 15 is 0 Å². The average Bonchev–Trinajstić information content (AvgIpc) is 2.37. The van der Waals surface area contributed by atoms with Crippen molar-refractivity contribution < 1.29 is 17.9 Å². The van der Waals surface area contributed by atoms with Gasteiger partial charge in [0.15, 0.2) is 0 Å². The lowest BCUT2D eigenvalue weighted by Gasteiger charge is -2.10.